The Balaban J connectivity index is 2.35. The minimum Gasteiger partial charge on any atom is -0.481 e. The van der Waals surface area contributed by atoms with E-state index in [0.717, 1.165) is 0 Å². The molecule has 2 aromatic rings. The molecule has 22 heavy (non-hydrogen) atoms. The number of ether oxygens (including phenoxy) is 2. The van der Waals surface area contributed by atoms with Crippen LogP contribution in [0.2, 0.25) is 0 Å². The summed E-state index contributed by atoms with van der Waals surface area (Å²) in [5.41, 5.74) is -0.506. The number of aryl methyl sites for hydroxylation is 2. The predicted octanol–water partition coefficient (Wildman–Crippen LogP) is 1.32. The van der Waals surface area contributed by atoms with Crippen LogP contribution >= 0.6 is 0 Å². The lowest BCUT2D eigenvalue weighted by Gasteiger charge is -2.08. The van der Waals surface area contributed by atoms with Crippen molar-refractivity contribution in [3.63, 3.8) is 0 Å². The Morgan fingerprint density at radius 2 is 1.91 bits per heavy atom. The van der Waals surface area contributed by atoms with Gasteiger partial charge in [0, 0.05) is 12.1 Å². The minimum atomic E-state index is -0.631. The summed E-state index contributed by atoms with van der Waals surface area (Å²) in [6.45, 7) is 3.18. The lowest BCUT2D eigenvalue weighted by Crippen LogP contribution is -2.23. The molecule has 2 aromatic heterocycles. The zero-order valence-corrected chi connectivity index (χ0v) is 12.6. The number of amides is 1. The van der Waals surface area contributed by atoms with Gasteiger partial charge in [-0.15, -0.1) is 0 Å². The quantitative estimate of drug-likeness (QED) is 0.908. The highest BCUT2D eigenvalue weighted by Gasteiger charge is 2.17. The van der Waals surface area contributed by atoms with Crippen LogP contribution in [0.3, 0.4) is 0 Å². The fourth-order valence-corrected chi connectivity index (χ4v) is 1.87. The Bertz CT molecular complexity index is 747. The lowest BCUT2D eigenvalue weighted by atomic mass is 10.2. The summed E-state index contributed by atoms with van der Waals surface area (Å²) in [5.74, 6) is 0.400. The van der Waals surface area contributed by atoms with E-state index in [1.54, 1.807) is 13.8 Å². The van der Waals surface area contributed by atoms with Crippen molar-refractivity contribution in [2.24, 2.45) is 0 Å². The molecule has 2 heterocycles. The molecule has 0 aliphatic carbocycles. The van der Waals surface area contributed by atoms with E-state index >= 15 is 0 Å². The van der Waals surface area contributed by atoms with Crippen molar-refractivity contribution in [3.8, 4) is 11.9 Å². The standard InChI is InChI=1S/C14H15N3O5/c1-7-5-9(18)12(8(2)22-7)13(19)15-10-6-11(20-3)17-14(16-10)21-4/h5-6H,1-4H3,(H,15,16,17,19). The third-order valence-corrected chi connectivity index (χ3v) is 2.79. The zero-order valence-electron chi connectivity index (χ0n) is 12.6. The van der Waals surface area contributed by atoms with E-state index in [0.29, 0.717) is 5.76 Å². The highest BCUT2D eigenvalue weighted by atomic mass is 16.5. The molecule has 116 valence electrons. The van der Waals surface area contributed by atoms with Crippen LogP contribution in [0.4, 0.5) is 5.82 Å². The second-order valence-electron chi connectivity index (χ2n) is 4.39. The first kappa shape index (κ1) is 15.5. The van der Waals surface area contributed by atoms with E-state index < -0.39 is 11.3 Å². The van der Waals surface area contributed by atoms with Gasteiger partial charge in [0.05, 0.1) is 14.2 Å². The summed E-state index contributed by atoms with van der Waals surface area (Å²) in [6, 6.07) is 2.69. The third kappa shape index (κ3) is 3.22. The van der Waals surface area contributed by atoms with Crippen molar-refractivity contribution in [1.29, 1.82) is 0 Å². The number of rotatable bonds is 4. The smallest absolute Gasteiger partial charge is 0.321 e. The van der Waals surface area contributed by atoms with Crippen LogP contribution in [0.5, 0.6) is 11.9 Å². The van der Waals surface area contributed by atoms with Gasteiger partial charge >= 0.3 is 6.01 Å². The zero-order chi connectivity index (χ0) is 16.3. The van der Waals surface area contributed by atoms with E-state index in [1.807, 2.05) is 0 Å². The molecule has 0 bridgehead atoms. The SMILES string of the molecule is COc1cc(NC(=O)c2c(C)oc(C)cc2=O)nc(OC)n1. The third-order valence-electron chi connectivity index (χ3n) is 2.79. The van der Waals surface area contributed by atoms with Crippen LogP contribution < -0.4 is 20.2 Å². The number of aromatic nitrogens is 2. The Labute approximate surface area is 126 Å². The molecule has 0 saturated carbocycles. The normalized spacial score (nSPS) is 10.2. The average molecular weight is 305 g/mol. The number of carbonyl (C=O) groups is 1. The number of nitrogens with one attached hydrogen (secondary N) is 1. The molecule has 2 rings (SSSR count). The Hall–Kier alpha value is -2.90. The van der Waals surface area contributed by atoms with Crippen LogP contribution in [0.1, 0.15) is 21.9 Å². The van der Waals surface area contributed by atoms with Gasteiger partial charge in [0.15, 0.2) is 5.43 Å². The maximum Gasteiger partial charge on any atom is 0.321 e. The predicted molar refractivity (Wildman–Crippen MR) is 77.5 cm³/mol. The van der Waals surface area contributed by atoms with Crippen molar-refractivity contribution in [2.45, 2.75) is 13.8 Å². The molecule has 1 N–H and O–H groups in total. The maximum absolute atomic E-state index is 12.3. The summed E-state index contributed by atoms with van der Waals surface area (Å²) in [7, 11) is 2.81. The molecular formula is C14H15N3O5. The molecule has 0 atom stereocenters. The number of carbonyl (C=O) groups excluding carboxylic acids is 1. The number of hydrogen-bond acceptors (Lipinski definition) is 7. The monoisotopic (exact) mass is 305 g/mol. The van der Waals surface area contributed by atoms with Gasteiger partial charge in [-0.3, -0.25) is 9.59 Å². The van der Waals surface area contributed by atoms with Crippen molar-refractivity contribution in [1.82, 2.24) is 9.97 Å². The van der Waals surface area contributed by atoms with Crippen molar-refractivity contribution >= 4 is 11.7 Å². The first-order chi connectivity index (χ1) is 10.4. The fourth-order valence-electron chi connectivity index (χ4n) is 1.87. The van der Waals surface area contributed by atoms with Gasteiger partial charge in [-0.05, 0) is 13.8 Å². The number of nitrogens with zero attached hydrogens (tertiary/aromatic N) is 2. The molecule has 0 aromatic carbocycles. The molecule has 0 aliphatic rings. The van der Waals surface area contributed by atoms with E-state index in [4.69, 9.17) is 13.9 Å². The molecule has 0 unspecified atom stereocenters. The van der Waals surface area contributed by atoms with Gasteiger partial charge < -0.3 is 19.2 Å². The molecule has 8 heteroatoms. The second-order valence-corrected chi connectivity index (χ2v) is 4.39. The molecular weight excluding hydrogens is 290 g/mol. The minimum absolute atomic E-state index is 0.0299. The molecule has 8 nitrogen and oxygen atoms in total. The van der Waals surface area contributed by atoms with Gasteiger partial charge in [-0.25, -0.2) is 0 Å². The number of anilines is 1. The van der Waals surface area contributed by atoms with Gasteiger partial charge in [-0.2, -0.15) is 9.97 Å². The summed E-state index contributed by atoms with van der Waals surface area (Å²) < 4.78 is 15.2. The van der Waals surface area contributed by atoms with Crippen molar-refractivity contribution < 1.29 is 18.7 Å². The molecule has 0 spiro atoms. The van der Waals surface area contributed by atoms with Gasteiger partial charge in [0.2, 0.25) is 5.88 Å². The largest absolute Gasteiger partial charge is 0.481 e. The van der Waals surface area contributed by atoms with Crippen LogP contribution in [0, 0.1) is 13.8 Å². The summed E-state index contributed by atoms with van der Waals surface area (Å²) in [4.78, 5) is 32.1. The van der Waals surface area contributed by atoms with Gasteiger partial charge in [0.1, 0.15) is 22.9 Å². The maximum atomic E-state index is 12.3. The van der Waals surface area contributed by atoms with E-state index in [-0.39, 0.29) is 29.0 Å². The highest BCUT2D eigenvalue weighted by molar-refractivity contribution is 6.04. The Morgan fingerprint density at radius 3 is 2.50 bits per heavy atom. The second kappa shape index (κ2) is 6.25. The first-order valence-corrected chi connectivity index (χ1v) is 6.34. The van der Waals surface area contributed by atoms with Crippen LogP contribution in [-0.4, -0.2) is 30.1 Å². The summed E-state index contributed by atoms with van der Waals surface area (Å²) in [5, 5.41) is 2.50. The lowest BCUT2D eigenvalue weighted by molar-refractivity contribution is 0.102. The topological polar surface area (TPSA) is 104 Å². The number of methoxy groups -OCH3 is 2. The fraction of sp³-hybridized carbons (Fsp3) is 0.286. The van der Waals surface area contributed by atoms with Crippen LogP contribution in [0.25, 0.3) is 0 Å². The van der Waals surface area contributed by atoms with Crippen LogP contribution in [0.15, 0.2) is 21.3 Å². The Morgan fingerprint density at radius 1 is 1.18 bits per heavy atom. The molecule has 0 saturated heterocycles. The van der Waals surface area contributed by atoms with Crippen LogP contribution in [-0.2, 0) is 0 Å². The molecule has 1 amide bonds. The summed E-state index contributed by atoms with van der Waals surface area (Å²) >= 11 is 0. The van der Waals surface area contributed by atoms with Gasteiger partial charge in [0.25, 0.3) is 5.91 Å². The number of hydrogen-bond donors (Lipinski definition) is 1. The van der Waals surface area contributed by atoms with E-state index in [2.05, 4.69) is 15.3 Å². The van der Waals surface area contributed by atoms with E-state index in [1.165, 1.54) is 26.4 Å². The summed E-state index contributed by atoms with van der Waals surface area (Å²) in [6.07, 6.45) is 0. The molecule has 0 radical (unpaired) electrons. The van der Waals surface area contributed by atoms with Gasteiger partial charge in [-0.1, -0.05) is 0 Å². The first-order valence-electron chi connectivity index (χ1n) is 6.34. The molecule has 0 aliphatic heterocycles. The highest BCUT2D eigenvalue weighted by Crippen LogP contribution is 2.18. The molecule has 0 fully saturated rings. The average Bonchev–Trinajstić information content (AvgIpc) is 2.45. The Kier molecular flexibility index (Phi) is 4.40. The van der Waals surface area contributed by atoms with E-state index in [9.17, 15) is 9.59 Å². The van der Waals surface area contributed by atoms with Crippen molar-refractivity contribution in [2.75, 3.05) is 19.5 Å². The van der Waals surface area contributed by atoms with Crippen molar-refractivity contribution in [3.05, 3.63) is 39.4 Å².